The van der Waals surface area contributed by atoms with Crippen LogP contribution in [0.3, 0.4) is 0 Å². The number of halogens is 1. The van der Waals surface area contributed by atoms with Gasteiger partial charge in [0.25, 0.3) is 0 Å². The van der Waals surface area contributed by atoms with Crippen molar-refractivity contribution < 1.29 is 0 Å². The molecule has 1 nitrogen and oxygen atoms in total. The second-order valence-corrected chi connectivity index (χ2v) is 13.9. The van der Waals surface area contributed by atoms with Crippen LogP contribution in [0.15, 0.2) is 170 Å². The third kappa shape index (κ3) is 4.11. The van der Waals surface area contributed by atoms with Crippen molar-refractivity contribution in [2.24, 2.45) is 0 Å². The molecular weight excluding hydrogens is 602 g/mol. The fourth-order valence-electron chi connectivity index (χ4n) is 8.47. The minimum atomic E-state index is -0.480. The number of anilines is 3. The van der Waals surface area contributed by atoms with Crippen molar-refractivity contribution in [2.75, 3.05) is 4.90 Å². The molecule has 9 rings (SSSR count). The van der Waals surface area contributed by atoms with Gasteiger partial charge in [-0.15, -0.1) is 0 Å². The molecule has 0 N–H and O–H groups in total. The smallest absolute Gasteiger partial charge is 0.0714 e. The second kappa shape index (κ2) is 10.8. The maximum atomic E-state index is 6.70. The topological polar surface area (TPSA) is 3.24 Å². The monoisotopic (exact) mass is 635 g/mol. The highest BCUT2D eigenvalue weighted by Gasteiger charge is 2.46. The summed E-state index contributed by atoms with van der Waals surface area (Å²) in [5.74, 6) is 0. The van der Waals surface area contributed by atoms with Crippen molar-refractivity contribution in [2.45, 2.75) is 24.7 Å². The van der Waals surface area contributed by atoms with Crippen molar-refractivity contribution in [1.82, 2.24) is 0 Å². The van der Waals surface area contributed by atoms with Gasteiger partial charge in [0.05, 0.1) is 5.41 Å². The Morgan fingerprint density at radius 1 is 0.396 bits per heavy atom. The first-order valence-electron chi connectivity index (χ1n) is 16.6. The quantitative estimate of drug-likeness (QED) is 0.182. The molecule has 0 unspecified atom stereocenters. The molecule has 0 bridgehead atoms. The lowest BCUT2D eigenvalue weighted by Crippen LogP contribution is -2.28. The van der Waals surface area contributed by atoms with E-state index in [2.05, 4.69) is 176 Å². The maximum absolute atomic E-state index is 6.70. The van der Waals surface area contributed by atoms with Crippen LogP contribution in [0.5, 0.6) is 0 Å². The Kier molecular flexibility index (Phi) is 6.51. The number of fused-ring (bicyclic) bond motifs is 6. The predicted octanol–water partition coefficient (Wildman–Crippen LogP) is 12.5. The highest BCUT2D eigenvalue weighted by molar-refractivity contribution is 6.30. The Balaban J connectivity index is 1.31. The van der Waals surface area contributed by atoms with E-state index in [-0.39, 0.29) is 5.41 Å². The molecule has 2 aliphatic rings. The summed E-state index contributed by atoms with van der Waals surface area (Å²) in [4.78, 5) is 2.37. The van der Waals surface area contributed by atoms with Gasteiger partial charge in [-0.1, -0.05) is 153 Å². The molecule has 0 aliphatic heterocycles. The largest absolute Gasteiger partial charge is 0.310 e. The zero-order valence-electron chi connectivity index (χ0n) is 27.0. The van der Waals surface area contributed by atoms with Crippen molar-refractivity contribution >= 4 is 28.7 Å². The Labute approximate surface area is 287 Å². The molecule has 2 heteroatoms. The molecule has 0 spiro atoms. The first-order chi connectivity index (χ1) is 23.5. The maximum Gasteiger partial charge on any atom is 0.0714 e. The standard InChI is InChI=1S/C46H34ClN/c1-45(2)41-22-11-9-20-37(41)39-26-24-35(29-43(39)45)48(34-19-13-18-33(47)28-34)36-25-27-40-38-21-10-12-23-42(38)46(44(40)30-36,31-14-5-3-6-15-31)32-16-7-4-8-17-32/h3-30H,1-2H3. The lowest BCUT2D eigenvalue weighted by atomic mass is 9.67. The predicted molar refractivity (Wildman–Crippen MR) is 201 cm³/mol. The van der Waals surface area contributed by atoms with Crippen LogP contribution in [-0.4, -0.2) is 0 Å². The van der Waals surface area contributed by atoms with Gasteiger partial charge >= 0.3 is 0 Å². The summed E-state index contributed by atoms with van der Waals surface area (Å²) in [6.45, 7) is 4.68. The van der Waals surface area contributed by atoms with Gasteiger partial charge in [-0.25, -0.2) is 0 Å². The summed E-state index contributed by atoms with van der Waals surface area (Å²) in [7, 11) is 0. The fraction of sp³-hybridized carbons (Fsp3) is 0.0870. The summed E-state index contributed by atoms with van der Waals surface area (Å²) in [6.07, 6.45) is 0. The molecular formula is C46H34ClN. The van der Waals surface area contributed by atoms with Crippen molar-refractivity contribution in [3.05, 3.63) is 208 Å². The average molecular weight is 636 g/mol. The van der Waals surface area contributed by atoms with Gasteiger partial charge in [0.15, 0.2) is 0 Å². The Morgan fingerprint density at radius 3 is 1.50 bits per heavy atom. The summed E-state index contributed by atoms with van der Waals surface area (Å²) in [5, 5.41) is 0.711. The number of hydrogen-bond acceptors (Lipinski definition) is 1. The molecule has 0 heterocycles. The van der Waals surface area contributed by atoms with Crippen molar-refractivity contribution in [1.29, 1.82) is 0 Å². The summed E-state index contributed by atoms with van der Waals surface area (Å²) in [6, 6.07) is 61.9. The first-order valence-corrected chi connectivity index (χ1v) is 17.0. The van der Waals surface area contributed by atoms with Crippen LogP contribution in [0.2, 0.25) is 5.02 Å². The summed E-state index contributed by atoms with van der Waals surface area (Å²) < 4.78 is 0. The van der Waals surface area contributed by atoms with Gasteiger partial charge in [-0.05, 0) is 98.1 Å². The highest BCUT2D eigenvalue weighted by atomic mass is 35.5. The first kappa shape index (κ1) is 28.8. The minimum absolute atomic E-state index is 0.114. The van der Waals surface area contributed by atoms with Gasteiger partial charge in [0.2, 0.25) is 0 Å². The van der Waals surface area contributed by atoms with Crippen molar-refractivity contribution in [3.63, 3.8) is 0 Å². The van der Waals surface area contributed by atoms with Crippen LogP contribution < -0.4 is 4.90 Å². The van der Waals surface area contributed by atoms with E-state index in [1.807, 2.05) is 12.1 Å². The number of hydrogen-bond donors (Lipinski definition) is 0. The summed E-state index contributed by atoms with van der Waals surface area (Å²) in [5.41, 5.74) is 15.6. The Morgan fingerprint density at radius 2 is 0.875 bits per heavy atom. The van der Waals surface area contributed by atoms with Gasteiger partial charge in [-0.2, -0.15) is 0 Å². The molecule has 7 aromatic rings. The average Bonchev–Trinajstić information content (AvgIpc) is 3.55. The normalized spacial score (nSPS) is 14.5. The van der Waals surface area contributed by atoms with Gasteiger partial charge in [0, 0.05) is 27.5 Å². The molecule has 0 saturated carbocycles. The summed E-state index contributed by atoms with van der Waals surface area (Å²) >= 11 is 6.70. The van der Waals surface area contributed by atoms with Crippen LogP contribution in [0.25, 0.3) is 22.3 Å². The molecule has 0 atom stereocenters. The highest BCUT2D eigenvalue weighted by Crippen LogP contribution is 2.57. The lowest BCUT2D eigenvalue weighted by molar-refractivity contribution is 0.660. The minimum Gasteiger partial charge on any atom is -0.310 e. The van der Waals surface area contributed by atoms with E-state index in [4.69, 9.17) is 11.6 Å². The van der Waals surface area contributed by atoms with Crippen LogP contribution in [0.4, 0.5) is 17.1 Å². The molecule has 2 aliphatic carbocycles. The molecule has 230 valence electrons. The zero-order chi connectivity index (χ0) is 32.5. The van der Waals surface area contributed by atoms with E-state index < -0.39 is 5.41 Å². The second-order valence-electron chi connectivity index (χ2n) is 13.5. The van der Waals surface area contributed by atoms with Gasteiger partial charge < -0.3 is 4.90 Å². The van der Waals surface area contributed by atoms with E-state index in [0.29, 0.717) is 5.02 Å². The molecule has 0 fully saturated rings. The third-order valence-electron chi connectivity index (χ3n) is 10.6. The van der Waals surface area contributed by atoms with Gasteiger partial charge in [-0.3, -0.25) is 0 Å². The molecule has 0 amide bonds. The molecule has 0 radical (unpaired) electrons. The van der Waals surface area contributed by atoms with Crippen molar-refractivity contribution in [3.8, 4) is 22.3 Å². The number of nitrogens with zero attached hydrogens (tertiary/aromatic N) is 1. The van der Waals surface area contributed by atoms with E-state index in [1.165, 1.54) is 55.6 Å². The van der Waals surface area contributed by atoms with Crippen LogP contribution >= 0.6 is 11.6 Å². The fourth-order valence-corrected chi connectivity index (χ4v) is 8.65. The van der Waals surface area contributed by atoms with E-state index in [1.54, 1.807) is 0 Å². The SMILES string of the molecule is CC1(C)c2ccccc2-c2ccc(N(c3cccc(Cl)c3)c3ccc4c(c3)C(c3ccccc3)(c3ccccc3)c3ccccc3-4)cc21. The Hall–Kier alpha value is -5.37. The molecule has 0 saturated heterocycles. The van der Waals surface area contributed by atoms with Crippen LogP contribution in [0, 0.1) is 0 Å². The van der Waals surface area contributed by atoms with E-state index >= 15 is 0 Å². The van der Waals surface area contributed by atoms with Crippen LogP contribution in [0.1, 0.15) is 47.2 Å². The Bertz CT molecular complexity index is 2300. The molecule has 0 aromatic heterocycles. The third-order valence-corrected chi connectivity index (χ3v) is 10.8. The van der Waals surface area contributed by atoms with Gasteiger partial charge in [0.1, 0.15) is 0 Å². The zero-order valence-corrected chi connectivity index (χ0v) is 27.7. The molecule has 7 aromatic carbocycles. The number of benzene rings is 7. The van der Waals surface area contributed by atoms with E-state index in [0.717, 1.165) is 17.1 Å². The molecule has 48 heavy (non-hydrogen) atoms. The van der Waals surface area contributed by atoms with E-state index in [9.17, 15) is 0 Å². The number of rotatable bonds is 5. The van der Waals surface area contributed by atoms with Crippen LogP contribution in [-0.2, 0) is 10.8 Å². The lowest BCUT2D eigenvalue weighted by Gasteiger charge is -2.35.